The van der Waals surface area contributed by atoms with Gasteiger partial charge in [0.15, 0.2) is 11.9 Å². The molecule has 15 atom stereocenters. The van der Waals surface area contributed by atoms with Crippen LogP contribution in [0.2, 0.25) is 0 Å². The number of carboxylic acids is 1. The fraction of sp³-hybridized carbons (Fsp3) is 0.537. The summed E-state index contributed by atoms with van der Waals surface area (Å²) in [5.74, 6) is -27.0. The Morgan fingerprint density at radius 1 is 0.475 bits per heavy atom. The number of H-pyrrole nitrogens is 2. The SMILES string of the molecule is CN1CC(=O)N[C@@H](Cc2c[nH]c3ccccc23)C(=O)N[C@H]2CSSC[C@H](N)C(=O)N[C@H]3CSSC[C@H](NC(=O)[C@H](CCCNC(=N)N)NC(=O)[C@H](CO)NC(=O)[C@H](Cc4c[nH]cn4)NC(=O)[C@H](CC(=O)O)NC(=O)[C@H](CCCNC(=N)N)NC2=O)C(=O)N[C@H](C(N)=O)CSSC[C@H](NC(=O)[C@H](CC(N)=O)NC3=O)C(=O)N[C@@H](CO)C(=O)N[C@@H](CO)C1=O. The number of carbonyl (C=O) groups is 18. The number of nitrogens with one attached hydrogen (secondary N) is 20. The topological polar surface area (TPSA) is 806 Å². The lowest BCUT2D eigenvalue weighted by atomic mass is 10.0. The minimum Gasteiger partial charge on any atom is -0.481 e. The summed E-state index contributed by atoms with van der Waals surface area (Å²) in [6.07, 6.45) is -0.326. The molecule has 0 radical (unpaired) electrons. The molecule has 3 saturated heterocycles. The molecule has 17 amide bonds. The van der Waals surface area contributed by atoms with E-state index < -0.39 is 302 Å². The van der Waals surface area contributed by atoms with Crippen LogP contribution in [0.1, 0.15) is 49.8 Å². The summed E-state index contributed by atoms with van der Waals surface area (Å²) in [5, 5.41) is 96.6. The van der Waals surface area contributed by atoms with Gasteiger partial charge in [0.1, 0.15) is 84.6 Å². The van der Waals surface area contributed by atoms with Crippen molar-refractivity contribution >= 4 is 194 Å². The van der Waals surface area contributed by atoms with Gasteiger partial charge in [0.2, 0.25) is 100 Å². The van der Waals surface area contributed by atoms with Gasteiger partial charge in [-0.15, -0.1) is 0 Å². The van der Waals surface area contributed by atoms with Crippen LogP contribution in [-0.2, 0) is 99.1 Å². The molecule has 49 nitrogen and oxygen atoms in total. The molecular weight excluding hydrogens is 1730 g/mol. The number of aliphatic hydroxyl groups is 3. The first-order valence-electron chi connectivity index (χ1n) is 37.3. The molecule has 3 aliphatic heterocycles. The maximum Gasteiger partial charge on any atom is 0.305 e. The molecular formula is C67H99N27O22S6. The number of imidazole rings is 1. The molecule has 0 aliphatic carbocycles. The third-order valence-corrected chi connectivity index (χ3v) is 25.3. The number of aliphatic hydroxyl groups excluding tert-OH is 3. The minimum atomic E-state index is -2.17. The maximum atomic E-state index is 15.2. The number of primary amides is 2. The largest absolute Gasteiger partial charge is 0.481 e. The number of nitrogens with two attached hydrogens (primary N) is 5. The van der Waals surface area contributed by atoms with Crippen molar-refractivity contribution in [1.29, 1.82) is 10.8 Å². The summed E-state index contributed by atoms with van der Waals surface area (Å²) in [5.41, 5.74) is 30.0. The van der Waals surface area contributed by atoms with Crippen LogP contribution in [0.3, 0.4) is 0 Å². The molecule has 3 aliphatic rings. The lowest BCUT2D eigenvalue weighted by molar-refractivity contribution is -0.141. The number of carbonyl (C=O) groups excluding carboxylic acids is 17. The summed E-state index contributed by atoms with van der Waals surface area (Å²) in [4.78, 5) is 269. The second-order valence-corrected chi connectivity index (χ2v) is 35.1. The van der Waals surface area contributed by atoms with Gasteiger partial charge in [-0.2, -0.15) is 0 Å². The molecule has 1 aromatic carbocycles. The number of para-hydroxylation sites is 1. The number of hydrogen-bond donors (Lipinski definition) is 29. The molecule has 34 N–H and O–H groups in total. The average Bonchev–Trinajstić information content (AvgIpc) is 1.66. The second kappa shape index (κ2) is 50.4. The van der Waals surface area contributed by atoms with E-state index in [0.717, 1.165) is 50.2 Å². The lowest BCUT2D eigenvalue weighted by Gasteiger charge is -2.28. The summed E-state index contributed by atoms with van der Waals surface area (Å²) in [7, 11) is 5.45. The number of likely N-dealkylation sites (N-methyl/N-ethyl adjacent to an activating group) is 1. The number of hydrogen-bond acceptors (Lipinski definition) is 31. The number of amides is 17. The number of benzene rings is 1. The summed E-state index contributed by atoms with van der Waals surface area (Å²) in [6, 6.07) is -21.5. The molecule has 3 aromatic rings. The molecule has 3 fully saturated rings. The molecule has 4 bridgehead atoms. The predicted octanol–water partition coefficient (Wildman–Crippen LogP) is -12.2. The number of aromatic amines is 2. The number of carboxylic acid groups (broad SMARTS) is 1. The molecule has 0 spiro atoms. The first-order valence-corrected chi connectivity index (χ1v) is 44.7. The van der Waals surface area contributed by atoms with Crippen LogP contribution >= 0.6 is 64.8 Å². The van der Waals surface area contributed by atoms with Gasteiger partial charge in [-0.3, -0.25) is 97.1 Å². The Morgan fingerprint density at radius 3 is 1.39 bits per heavy atom. The standard InChI is InChI=1S/C67H99N27O22S6/c1-94-18-49(99)80-36(12-29-16-78-33-7-3-2-6-31(29)33)55(106)92-45-25-119-117-22-32(68)52(103)90-44-24-121-122-27-47(64(115)89-43(51(70)102)23-118-120-26-46(93-57(108)38(14-48(69)98)84-62(44)113)63(114)87-41(20-96)60(111)88-42(21-97)65(94)116)91-54(105)35(9-5-11-77-67(73)74)81-59(110)40(19-95)86-56(107)37(13-30-17-75-28-79-30)83-58(109)39(15-50(100)101)85-53(104)34(82-61(45)112)8-4-10-76-66(71)72/h2-3,6-7,16-17,28,32,34-47,78,95-97H,4-5,8-15,18-27,68H2,1H3,(H2,69,98)(H2,70,102)(H,75,79)(H,80,99)(H,81,110)(H,82,112)(H,83,109)(H,84,113)(H,85,104)(H,86,107)(H,87,114)(H,88,111)(H,89,115)(H,90,103)(H,91,105)(H,92,106)(H,93,108)(H,100,101)(H4,71,72,76)(H4,73,74,77)/t32-,34-,35-,36-,37-,38-,39-,40-,41-,42-,43-,44-,45-,46-,47-/m0/s1. The number of fused-ring (bicyclic) bond motifs is 17. The molecule has 2 aromatic heterocycles. The van der Waals surface area contributed by atoms with Gasteiger partial charge in [0.25, 0.3) is 0 Å². The van der Waals surface area contributed by atoms with E-state index in [4.69, 9.17) is 39.5 Å². The smallest absolute Gasteiger partial charge is 0.305 e. The van der Waals surface area contributed by atoms with Crippen LogP contribution in [0.5, 0.6) is 0 Å². The van der Waals surface area contributed by atoms with E-state index in [9.17, 15) is 97.1 Å². The van der Waals surface area contributed by atoms with Crippen LogP contribution < -0.4 is 114 Å². The molecule has 6 rings (SSSR count). The van der Waals surface area contributed by atoms with Gasteiger partial charge in [-0.05, 0) is 37.3 Å². The van der Waals surface area contributed by atoms with E-state index in [1.54, 1.807) is 24.3 Å². The maximum absolute atomic E-state index is 15.2. The van der Waals surface area contributed by atoms with Crippen molar-refractivity contribution in [2.45, 2.75) is 142 Å². The van der Waals surface area contributed by atoms with Crippen LogP contribution in [0.25, 0.3) is 10.9 Å². The molecule has 670 valence electrons. The van der Waals surface area contributed by atoms with E-state index in [-0.39, 0.29) is 38.0 Å². The minimum absolute atomic E-state index is 0.0518. The Labute approximate surface area is 718 Å². The van der Waals surface area contributed by atoms with Crippen molar-refractivity contribution in [2.24, 2.45) is 28.7 Å². The highest BCUT2D eigenvalue weighted by atomic mass is 33.1. The van der Waals surface area contributed by atoms with Crippen molar-refractivity contribution < 1.29 is 107 Å². The van der Waals surface area contributed by atoms with Crippen molar-refractivity contribution in [3.8, 4) is 0 Å². The highest BCUT2D eigenvalue weighted by molar-refractivity contribution is 8.77. The monoisotopic (exact) mass is 1830 g/mol. The summed E-state index contributed by atoms with van der Waals surface area (Å²) in [6.45, 7) is -4.98. The van der Waals surface area contributed by atoms with Gasteiger partial charge in [0, 0.05) is 90.8 Å². The molecule has 55 heteroatoms. The molecule has 0 saturated carbocycles. The fourth-order valence-electron chi connectivity index (χ4n) is 11.6. The van der Waals surface area contributed by atoms with Crippen molar-refractivity contribution in [1.82, 2.24) is 105 Å². The highest BCUT2D eigenvalue weighted by Crippen LogP contribution is 2.28. The van der Waals surface area contributed by atoms with Crippen LogP contribution in [0.4, 0.5) is 0 Å². The summed E-state index contributed by atoms with van der Waals surface area (Å²) >= 11 is 0. The van der Waals surface area contributed by atoms with Crippen LogP contribution in [-0.4, -0.2) is 330 Å². The molecule has 0 unspecified atom stereocenters. The van der Waals surface area contributed by atoms with Crippen molar-refractivity contribution in [3.63, 3.8) is 0 Å². The Morgan fingerprint density at radius 2 is 0.877 bits per heavy atom. The Hall–Kier alpha value is -11.1. The van der Waals surface area contributed by atoms with E-state index in [2.05, 4.69) is 100 Å². The Balaban J connectivity index is 1.58. The number of aliphatic carboxylic acids is 1. The van der Waals surface area contributed by atoms with E-state index >= 15 is 9.59 Å². The van der Waals surface area contributed by atoms with Gasteiger partial charge in [-0.25, -0.2) is 4.98 Å². The highest BCUT2D eigenvalue weighted by Gasteiger charge is 2.40. The Bertz CT molecular complexity index is 4270. The zero-order chi connectivity index (χ0) is 89.9. The number of guanidine groups is 2. The number of aromatic nitrogens is 3. The first-order chi connectivity index (χ1) is 58.0. The number of nitrogens with zero attached hydrogens (tertiary/aromatic N) is 2. The van der Waals surface area contributed by atoms with Crippen molar-refractivity contribution in [2.75, 3.05) is 81.0 Å². The van der Waals surface area contributed by atoms with Crippen LogP contribution in [0.15, 0.2) is 43.0 Å². The zero-order valence-corrected chi connectivity index (χ0v) is 70.1. The first kappa shape index (κ1) is 99.7. The third-order valence-electron chi connectivity index (χ3n) is 18.0. The number of rotatable bonds is 20. The fourth-order valence-corrected chi connectivity index (χ4v) is 18.5. The third kappa shape index (κ3) is 32.7. The average molecular weight is 1830 g/mol. The van der Waals surface area contributed by atoms with E-state index in [1.165, 1.54) is 18.7 Å². The van der Waals surface area contributed by atoms with Crippen molar-refractivity contribution in [3.05, 3.63) is 54.2 Å². The molecule has 122 heavy (non-hydrogen) atoms. The van der Waals surface area contributed by atoms with Gasteiger partial charge >= 0.3 is 5.97 Å². The summed E-state index contributed by atoms with van der Waals surface area (Å²) < 4.78 is 0. The van der Waals surface area contributed by atoms with Crippen LogP contribution in [0, 0.1) is 10.8 Å². The second-order valence-electron chi connectivity index (χ2n) is 27.4. The Kier molecular flexibility index (Phi) is 41.2. The van der Waals surface area contributed by atoms with Gasteiger partial charge in [0.05, 0.1) is 57.3 Å². The predicted molar refractivity (Wildman–Crippen MR) is 447 cm³/mol. The zero-order valence-electron chi connectivity index (χ0n) is 65.2. The van der Waals surface area contributed by atoms with Gasteiger partial charge in [-0.1, -0.05) is 83.0 Å². The quantitative estimate of drug-likeness (QED) is 0.0216. The van der Waals surface area contributed by atoms with E-state index in [1.807, 2.05) is 0 Å². The molecule has 5 heterocycles. The van der Waals surface area contributed by atoms with Gasteiger partial charge < -0.3 is 149 Å². The lowest BCUT2D eigenvalue weighted by Crippen LogP contribution is -2.62. The normalized spacial score (nSPS) is 26.3. The van der Waals surface area contributed by atoms with E-state index in [0.29, 0.717) is 43.0 Å².